The van der Waals surface area contributed by atoms with E-state index in [1.165, 1.54) is 50.5 Å². The Labute approximate surface area is 642 Å². The van der Waals surface area contributed by atoms with Gasteiger partial charge in [0.05, 0.1) is 79.6 Å². The molecular formula is C85H135N3O20. The van der Waals surface area contributed by atoms with Crippen LogP contribution in [0.4, 0.5) is 4.79 Å². The van der Waals surface area contributed by atoms with Crippen LogP contribution in [0.1, 0.15) is 210 Å². The van der Waals surface area contributed by atoms with Gasteiger partial charge in [-0.05, 0) is 137 Å². The number of allylic oxidation sites excluding steroid dienone is 13. The molecular weight excluding hydrogens is 1380 g/mol. The standard InChI is InChI=1S/C85H135N3O20/c1-53(2)26-25-28-54(3)66-34-35-67-65-33-31-59-46-64(37-39-83(59,8)68(65)38-40-84(66,67)9)107-82(102)86-41-24-20-23-30-73(95)87-42-44-88(45-43-87)76-78(98)58(7)105-81(79(76)99)106-63-29-22-19-17-15-13-11-10-12-14-16-18-21-27-55(4)77(97)56(5)57(6)104-74(96)49-61(90)47-60(89)32-36-69(92)70(93)48-62(91)51-85(103)52-71(94)75(80(100)101)72(50-63)108-85/h10-19,21-22,27,29,31,53-58,60-72,75-79,81,89-94,97-99,103H,20,23-26,28,30,32-52H2,1-9H3,(H,86,102)(H,100,101)/b11-10+,14-12+,15-13+,18-16+,19-17+,27-21+,29-22+/t54-,55+,56+,57+,58-,60-,61-,62+,63+,64+,65+,66-,67+,68+,69-,70-,71+,72+,75-,76+,77-,78-,79+,81+,83+,84-,85-/m1/s1. The van der Waals surface area contributed by atoms with Gasteiger partial charge in [-0.3, -0.25) is 19.3 Å². The van der Waals surface area contributed by atoms with Crippen molar-refractivity contribution in [3.05, 3.63) is 96.7 Å². The van der Waals surface area contributed by atoms with Crippen LogP contribution in [0.25, 0.3) is 0 Å². The Hall–Kier alpha value is -4.96. The van der Waals surface area contributed by atoms with Crippen molar-refractivity contribution >= 4 is 23.9 Å². The topological polar surface area (TPSA) is 355 Å². The van der Waals surface area contributed by atoms with Crippen LogP contribution in [0.2, 0.25) is 0 Å². The largest absolute Gasteiger partial charge is 0.481 e. The van der Waals surface area contributed by atoms with E-state index < -0.39 is 147 Å². The highest BCUT2D eigenvalue weighted by molar-refractivity contribution is 5.76. The van der Waals surface area contributed by atoms with Crippen molar-refractivity contribution in [2.75, 3.05) is 32.7 Å². The van der Waals surface area contributed by atoms with E-state index in [1.54, 1.807) is 80.4 Å². The van der Waals surface area contributed by atoms with Crippen molar-refractivity contribution in [3.8, 4) is 0 Å². The van der Waals surface area contributed by atoms with Gasteiger partial charge in [-0.1, -0.05) is 171 Å². The number of alkyl carbamates (subject to hydrolysis) is 1. The second-order valence-electron chi connectivity index (χ2n) is 34.2. The first-order chi connectivity index (χ1) is 51.3. The maximum atomic E-state index is 13.6. The lowest BCUT2D eigenvalue weighted by atomic mass is 9.47. The number of nitrogens with zero attached hydrogens (tertiary/aromatic N) is 2. The molecule has 8 aliphatic rings. The molecule has 4 heterocycles. The maximum Gasteiger partial charge on any atom is 0.407 e. The third-order valence-electron chi connectivity index (χ3n) is 25.9. The summed E-state index contributed by atoms with van der Waals surface area (Å²) in [5, 5.41) is 126. The predicted octanol–water partition coefficient (Wildman–Crippen LogP) is 9.59. The molecule has 3 saturated heterocycles. The van der Waals surface area contributed by atoms with E-state index in [0.29, 0.717) is 63.3 Å². The zero-order valence-corrected chi connectivity index (χ0v) is 65.9. The van der Waals surface area contributed by atoms with Crippen LogP contribution < -0.4 is 5.32 Å². The summed E-state index contributed by atoms with van der Waals surface area (Å²) in [4.78, 5) is 56.2. The smallest absolute Gasteiger partial charge is 0.407 e. The molecule has 23 heteroatoms. The van der Waals surface area contributed by atoms with Crippen LogP contribution >= 0.6 is 0 Å². The number of carboxylic acids is 1. The highest BCUT2D eigenvalue weighted by Crippen LogP contribution is 2.67. The summed E-state index contributed by atoms with van der Waals surface area (Å²) < 4.78 is 30.4. The fourth-order valence-corrected chi connectivity index (χ4v) is 19.5. The molecule has 610 valence electrons. The lowest BCUT2D eigenvalue weighted by molar-refractivity contribution is -0.312. The maximum absolute atomic E-state index is 13.6. The number of cyclic esters (lactones) is 1. The molecule has 12 N–H and O–H groups in total. The SMILES string of the molecule is CC(C)CCC[C@@H](C)[C@H]1CC[C@H]2[C@@H]3CC=C4C[C@@H](OC(=O)NCCCCCC(=O)N5CCN([C@@H]6[C@H](O)[C@H](O[C@H]7/C=C/C=C/C=C/C=C/C=C/C=C/C=C/[C@H](C)[C@@H](O)[C@@H](C)[C@H](C)OC(=O)C[C@H](O)C[C@H](O)CC[C@@H](O)[C@H](O)C[C@H](O)C[C@]8(O)C[C@H](O)[C@@H](C(=O)O)[C@H](C7)O8)O[C@H](C)[C@H]6O)CC5)CC[C@]4(C)[C@H]3CC[C@]12C. The lowest BCUT2D eigenvalue weighted by Gasteiger charge is -2.58. The molecule has 108 heavy (non-hydrogen) atoms. The number of aliphatic hydroxyl groups is 10. The normalized spacial score (nSPS) is 42.2. The van der Waals surface area contributed by atoms with Crippen LogP contribution in [0, 0.1) is 64.1 Å². The van der Waals surface area contributed by atoms with E-state index in [1.807, 2.05) is 42.2 Å². The number of hydrogen-bond donors (Lipinski definition) is 12. The monoisotopic (exact) mass is 1520 g/mol. The van der Waals surface area contributed by atoms with Gasteiger partial charge in [0.1, 0.15) is 24.2 Å². The van der Waals surface area contributed by atoms with Crippen LogP contribution in [0.3, 0.4) is 0 Å². The lowest BCUT2D eigenvalue weighted by Crippen LogP contribution is -2.66. The number of piperazine rings is 1. The Morgan fingerprint density at radius 1 is 0.648 bits per heavy atom. The molecule has 0 radical (unpaired) electrons. The van der Waals surface area contributed by atoms with Crippen molar-refractivity contribution in [2.45, 2.75) is 314 Å². The van der Waals surface area contributed by atoms with Crippen molar-refractivity contribution < 1.29 is 99.0 Å². The van der Waals surface area contributed by atoms with Gasteiger partial charge in [0.15, 0.2) is 12.1 Å². The molecule has 3 saturated carbocycles. The number of fused-ring (bicyclic) bond motifs is 7. The number of carbonyl (C=O) groups is 4. The number of aliphatic carboxylic acids is 1. The summed E-state index contributed by atoms with van der Waals surface area (Å²) in [7, 11) is 0. The summed E-state index contributed by atoms with van der Waals surface area (Å²) in [6.07, 6.45) is 20.8. The van der Waals surface area contributed by atoms with Gasteiger partial charge >= 0.3 is 18.0 Å². The Morgan fingerprint density at radius 2 is 1.31 bits per heavy atom. The minimum Gasteiger partial charge on any atom is -0.481 e. The van der Waals surface area contributed by atoms with E-state index in [2.05, 4.69) is 46.0 Å². The van der Waals surface area contributed by atoms with Crippen molar-refractivity contribution in [1.29, 1.82) is 0 Å². The average molecular weight is 1520 g/mol. The molecule has 4 aliphatic carbocycles. The Morgan fingerprint density at radius 3 is 1.98 bits per heavy atom. The third kappa shape index (κ3) is 24.5. The number of unbranched alkanes of at least 4 members (excludes halogenated alkanes) is 2. The Bertz CT molecular complexity index is 3090. The number of rotatable bonds is 16. The number of amides is 2. The van der Waals surface area contributed by atoms with E-state index in [4.69, 9.17) is 23.7 Å². The number of carboxylic acid groups (broad SMARTS) is 1. The minimum absolute atomic E-state index is 0.0224. The number of nitrogens with one attached hydrogen (secondary N) is 1. The highest BCUT2D eigenvalue weighted by Gasteiger charge is 2.60. The molecule has 2 bridgehead atoms. The molecule has 0 unspecified atom stereocenters. The van der Waals surface area contributed by atoms with Gasteiger partial charge in [-0.25, -0.2) is 4.79 Å². The molecule has 4 aliphatic heterocycles. The minimum atomic E-state index is -2.38. The molecule has 0 aromatic rings. The van der Waals surface area contributed by atoms with Gasteiger partial charge in [0.2, 0.25) is 5.91 Å². The van der Waals surface area contributed by atoms with Crippen molar-refractivity contribution in [2.24, 2.45) is 64.1 Å². The fourth-order valence-electron chi connectivity index (χ4n) is 19.5. The quantitative estimate of drug-likeness (QED) is 0.0388. The van der Waals surface area contributed by atoms with E-state index in [0.717, 1.165) is 61.7 Å². The summed E-state index contributed by atoms with van der Waals surface area (Å²) in [6.45, 7) is 20.9. The third-order valence-corrected chi connectivity index (χ3v) is 25.9. The van der Waals surface area contributed by atoms with Gasteiger partial charge in [0, 0.05) is 83.1 Å². The van der Waals surface area contributed by atoms with Gasteiger partial charge in [-0.15, -0.1) is 0 Å². The van der Waals surface area contributed by atoms with E-state index >= 15 is 0 Å². The van der Waals surface area contributed by atoms with Gasteiger partial charge < -0.3 is 90.1 Å². The first kappa shape index (κ1) is 88.6. The number of carbonyl (C=O) groups excluding carboxylic acids is 3. The summed E-state index contributed by atoms with van der Waals surface area (Å²) in [5.74, 6) is -2.40. The second kappa shape index (κ2) is 41.7. The predicted molar refractivity (Wildman–Crippen MR) is 411 cm³/mol. The van der Waals surface area contributed by atoms with Gasteiger partial charge in [-0.2, -0.15) is 0 Å². The molecule has 2 amide bonds. The zero-order valence-electron chi connectivity index (χ0n) is 65.9. The average Bonchev–Trinajstić information content (AvgIpc) is 1.32. The van der Waals surface area contributed by atoms with Crippen LogP contribution in [0.15, 0.2) is 96.7 Å². The fraction of sp³-hybridized carbons (Fsp3) is 0.765. The Kier molecular flexibility index (Phi) is 34.2. The summed E-state index contributed by atoms with van der Waals surface area (Å²) in [5.41, 5.74) is 2.10. The number of esters is 1. The van der Waals surface area contributed by atoms with Crippen LogP contribution in [0.5, 0.6) is 0 Å². The van der Waals surface area contributed by atoms with Crippen molar-refractivity contribution in [1.82, 2.24) is 15.1 Å². The van der Waals surface area contributed by atoms with Gasteiger partial charge in [0.25, 0.3) is 0 Å². The molecule has 0 aromatic carbocycles. The molecule has 0 spiro atoms. The molecule has 6 fully saturated rings. The highest BCUT2D eigenvalue weighted by atomic mass is 16.7. The number of ether oxygens (including phenoxy) is 5. The zero-order chi connectivity index (χ0) is 78.6. The molecule has 8 rings (SSSR count). The van der Waals surface area contributed by atoms with E-state index in [9.17, 15) is 75.3 Å². The van der Waals surface area contributed by atoms with Crippen LogP contribution in [-0.4, -0.2) is 226 Å². The Balaban J connectivity index is 0.832. The molecule has 0 aromatic heterocycles. The second-order valence-corrected chi connectivity index (χ2v) is 34.2. The number of aliphatic hydroxyl groups excluding tert-OH is 9. The first-order valence-electron chi connectivity index (χ1n) is 40.9. The number of hydrogen-bond acceptors (Lipinski definition) is 20. The molecule has 27 atom stereocenters. The summed E-state index contributed by atoms with van der Waals surface area (Å²) >= 11 is 0. The molecule has 23 nitrogen and oxygen atoms in total. The van der Waals surface area contributed by atoms with E-state index in [-0.39, 0.29) is 55.1 Å². The van der Waals surface area contributed by atoms with Crippen molar-refractivity contribution in [3.63, 3.8) is 0 Å². The van der Waals surface area contributed by atoms with Crippen LogP contribution in [-0.2, 0) is 38.1 Å². The summed E-state index contributed by atoms with van der Waals surface area (Å²) in [6, 6.07) is -0.932. The first-order valence-corrected chi connectivity index (χ1v) is 40.9.